The number of nitrogens with zero attached hydrogens (tertiary/aromatic N) is 2. The van der Waals surface area contributed by atoms with E-state index in [-0.39, 0.29) is 17.3 Å². The molecule has 6 heteroatoms. The largest absolute Gasteiger partial charge is 0.366 e. The third kappa shape index (κ3) is 3.28. The topological polar surface area (TPSA) is 89.5 Å². The van der Waals surface area contributed by atoms with Gasteiger partial charge in [0.2, 0.25) is 5.91 Å². The van der Waals surface area contributed by atoms with Crippen LogP contribution in [-0.4, -0.2) is 22.3 Å². The molecule has 2 aromatic rings. The Morgan fingerprint density at radius 1 is 1.25 bits per heavy atom. The second-order valence-electron chi connectivity index (χ2n) is 6.00. The van der Waals surface area contributed by atoms with Crippen LogP contribution in [-0.2, 0) is 6.54 Å². The maximum absolute atomic E-state index is 11.4. The summed E-state index contributed by atoms with van der Waals surface area (Å²) in [6.45, 7) is 1.38. The number of nitro groups is 1. The number of amides is 1. The molecule has 1 aliphatic rings. The van der Waals surface area contributed by atoms with E-state index < -0.39 is 10.8 Å². The summed E-state index contributed by atoms with van der Waals surface area (Å²) in [5, 5.41) is 11.4. The lowest BCUT2D eigenvalue weighted by atomic mass is 10.0. The first-order valence-electron chi connectivity index (χ1n) is 7.92. The molecule has 124 valence electrons. The van der Waals surface area contributed by atoms with Crippen LogP contribution in [0.2, 0.25) is 0 Å². The Labute approximate surface area is 140 Å². The van der Waals surface area contributed by atoms with E-state index in [0.29, 0.717) is 12.1 Å². The van der Waals surface area contributed by atoms with E-state index in [9.17, 15) is 14.9 Å². The van der Waals surface area contributed by atoms with Gasteiger partial charge in [-0.05, 0) is 31.0 Å². The zero-order valence-electron chi connectivity index (χ0n) is 13.2. The molecule has 1 heterocycles. The number of likely N-dealkylation sites (tertiary alicyclic amines) is 1. The quantitative estimate of drug-likeness (QED) is 0.676. The van der Waals surface area contributed by atoms with Gasteiger partial charge in [-0.2, -0.15) is 0 Å². The molecule has 2 N–H and O–H groups in total. The van der Waals surface area contributed by atoms with Crippen LogP contribution in [0.5, 0.6) is 0 Å². The SMILES string of the molecule is NC(=O)c1ccc(CN2CCCC2c2ccccc2)c([N+](=O)[O-])c1. The van der Waals surface area contributed by atoms with Gasteiger partial charge in [0.15, 0.2) is 0 Å². The van der Waals surface area contributed by atoms with Crippen LogP contribution >= 0.6 is 0 Å². The van der Waals surface area contributed by atoms with Crippen molar-refractivity contribution in [3.63, 3.8) is 0 Å². The van der Waals surface area contributed by atoms with Gasteiger partial charge in [-0.1, -0.05) is 36.4 Å². The molecule has 6 nitrogen and oxygen atoms in total. The fourth-order valence-corrected chi connectivity index (χ4v) is 3.31. The van der Waals surface area contributed by atoms with Crippen LogP contribution in [0, 0.1) is 10.1 Å². The third-order valence-electron chi connectivity index (χ3n) is 4.49. The van der Waals surface area contributed by atoms with E-state index in [1.807, 2.05) is 18.2 Å². The van der Waals surface area contributed by atoms with Crippen molar-refractivity contribution in [2.24, 2.45) is 5.73 Å². The highest BCUT2D eigenvalue weighted by atomic mass is 16.6. The number of hydrogen-bond acceptors (Lipinski definition) is 4. The molecule has 24 heavy (non-hydrogen) atoms. The van der Waals surface area contributed by atoms with Gasteiger partial charge in [0.05, 0.1) is 4.92 Å². The Hall–Kier alpha value is -2.73. The predicted molar refractivity (Wildman–Crippen MR) is 90.4 cm³/mol. The summed E-state index contributed by atoms with van der Waals surface area (Å²) in [6, 6.07) is 14.9. The lowest BCUT2D eigenvalue weighted by molar-refractivity contribution is -0.385. The second kappa shape index (κ2) is 6.80. The van der Waals surface area contributed by atoms with E-state index in [2.05, 4.69) is 17.0 Å². The van der Waals surface area contributed by atoms with Gasteiger partial charge in [0.25, 0.3) is 5.69 Å². The zero-order valence-corrected chi connectivity index (χ0v) is 13.2. The highest BCUT2D eigenvalue weighted by molar-refractivity contribution is 5.93. The van der Waals surface area contributed by atoms with Gasteiger partial charge >= 0.3 is 0 Å². The van der Waals surface area contributed by atoms with Crippen molar-refractivity contribution in [1.29, 1.82) is 0 Å². The summed E-state index contributed by atoms with van der Waals surface area (Å²) in [5.41, 5.74) is 7.16. The highest BCUT2D eigenvalue weighted by Crippen LogP contribution is 2.34. The van der Waals surface area contributed by atoms with E-state index in [1.54, 1.807) is 12.1 Å². The number of nitrogens with two attached hydrogens (primary N) is 1. The number of hydrogen-bond donors (Lipinski definition) is 1. The zero-order chi connectivity index (χ0) is 17.1. The average molecular weight is 325 g/mol. The van der Waals surface area contributed by atoms with Crippen molar-refractivity contribution in [3.05, 3.63) is 75.3 Å². The van der Waals surface area contributed by atoms with Crippen molar-refractivity contribution in [1.82, 2.24) is 4.90 Å². The van der Waals surface area contributed by atoms with Crippen molar-refractivity contribution >= 4 is 11.6 Å². The van der Waals surface area contributed by atoms with Crippen LogP contribution in [0.1, 0.15) is 40.4 Å². The highest BCUT2D eigenvalue weighted by Gasteiger charge is 2.28. The molecule has 0 saturated carbocycles. The van der Waals surface area contributed by atoms with Crippen LogP contribution in [0.4, 0.5) is 5.69 Å². The molecule has 1 atom stereocenters. The van der Waals surface area contributed by atoms with Gasteiger partial charge < -0.3 is 5.73 Å². The van der Waals surface area contributed by atoms with Crippen LogP contribution < -0.4 is 5.73 Å². The minimum Gasteiger partial charge on any atom is -0.366 e. The van der Waals surface area contributed by atoms with Crippen molar-refractivity contribution in [2.75, 3.05) is 6.54 Å². The van der Waals surface area contributed by atoms with Gasteiger partial charge in [0.1, 0.15) is 0 Å². The first-order valence-corrected chi connectivity index (χ1v) is 7.92. The Balaban J connectivity index is 1.87. The normalized spacial score (nSPS) is 17.8. The fourth-order valence-electron chi connectivity index (χ4n) is 3.31. The van der Waals surface area contributed by atoms with Crippen LogP contribution in [0.15, 0.2) is 48.5 Å². The molecule has 1 saturated heterocycles. The number of benzene rings is 2. The summed E-state index contributed by atoms with van der Waals surface area (Å²) in [7, 11) is 0. The second-order valence-corrected chi connectivity index (χ2v) is 6.00. The Kier molecular flexibility index (Phi) is 4.57. The summed E-state index contributed by atoms with van der Waals surface area (Å²) in [6.07, 6.45) is 2.10. The Morgan fingerprint density at radius 2 is 2.00 bits per heavy atom. The van der Waals surface area contributed by atoms with Gasteiger partial charge in [-0.3, -0.25) is 19.8 Å². The summed E-state index contributed by atoms with van der Waals surface area (Å²) >= 11 is 0. The number of nitro benzene ring substituents is 1. The first-order chi connectivity index (χ1) is 11.6. The van der Waals surface area contributed by atoms with Gasteiger partial charge in [-0.15, -0.1) is 0 Å². The van der Waals surface area contributed by atoms with Crippen LogP contribution in [0.25, 0.3) is 0 Å². The molecule has 0 radical (unpaired) electrons. The summed E-state index contributed by atoms with van der Waals surface area (Å²) in [5.74, 6) is -0.659. The molecule has 0 aromatic heterocycles. The minimum absolute atomic E-state index is 0.0509. The molecule has 2 aromatic carbocycles. The predicted octanol–water partition coefficient (Wildman–Crippen LogP) is 3.03. The molecule has 1 aliphatic heterocycles. The molecule has 1 fully saturated rings. The number of carbonyl (C=O) groups is 1. The standard InChI is InChI=1S/C18H19N3O3/c19-18(22)14-8-9-15(17(11-14)21(23)24)12-20-10-4-7-16(20)13-5-2-1-3-6-13/h1-3,5-6,8-9,11,16H,4,7,10,12H2,(H2,19,22). The molecule has 0 aliphatic carbocycles. The fraction of sp³-hybridized carbons (Fsp3) is 0.278. The van der Waals surface area contributed by atoms with Crippen LogP contribution in [0.3, 0.4) is 0 Å². The van der Waals surface area contributed by atoms with Gasteiger partial charge in [0, 0.05) is 29.8 Å². The molecule has 0 spiro atoms. The van der Waals surface area contributed by atoms with Gasteiger partial charge in [-0.25, -0.2) is 0 Å². The van der Waals surface area contributed by atoms with E-state index in [0.717, 1.165) is 19.4 Å². The maximum Gasteiger partial charge on any atom is 0.274 e. The number of rotatable bonds is 5. The Bertz CT molecular complexity index is 761. The number of carbonyl (C=O) groups excluding carboxylic acids is 1. The maximum atomic E-state index is 11.4. The Morgan fingerprint density at radius 3 is 2.67 bits per heavy atom. The lowest BCUT2D eigenvalue weighted by Crippen LogP contribution is -2.23. The third-order valence-corrected chi connectivity index (χ3v) is 4.49. The summed E-state index contributed by atoms with van der Waals surface area (Å²) < 4.78 is 0. The van der Waals surface area contributed by atoms with Crippen molar-refractivity contribution in [3.8, 4) is 0 Å². The van der Waals surface area contributed by atoms with E-state index in [4.69, 9.17) is 5.73 Å². The minimum atomic E-state index is -0.659. The molecule has 1 amide bonds. The smallest absolute Gasteiger partial charge is 0.274 e. The monoisotopic (exact) mass is 325 g/mol. The first kappa shape index (κ1) is 16.1. The van der Waals surface area contributed by atoms with E-state index in [1.165, 1.54) is 11.6 Å². The number of primary amides is 1. The lowest BCUT2D eigenvalue weighted by Gasteiger charge is -2.24. The van der Waals surface area contributed by atoms with Crippen molar-refractivity contribution < 1.29 is 9.72 Å². The molecular formula is C18H19N3O3. The molecule has 3 rings (SSSR count). The molecular weight excluding hydrogens is 306 g/mol. The average Bonchev–Trinajstić information content (AvgIpc) is 3.03. The molecule has 1 unspecified atom stereocenters. The molecule has 0 bridgehead atoms. The summed E-state index contributed by atoms with van der Waals surface area (Å²) in [4.78, 5) is 24.4. The van der Waals surface area contributed by atoms with Crippen molar-refractivity contribution in [2.45, 2.75) is 25.4 Å². The van der Waals surface area contributed by atoms with E-state index >= 15 is 0 Å².